The fourth-order valence-electron chi connectivity index (χ4n) is 3.21. The minimum atomic E-state index is -0.272. The number of carbonyl (C=O) groups is 1. The van der Waals surface area contributed by atoms with Gasteiger partial charge in [-0.1, -0.05) is 23.7 Å². The first-order chi connectivity index (χ1) is 12.6. The smallest absolute Gasteiger partial charge is 0.227 e. The van der Waals surface area contributed by atoms with E-state index in [9.17, 15) is 9.18 Å². The van der Waals surface area contributed by atoms with Gasteiger partial charge in [-0.05, 0) is 62.5 Å². The van der Waals surface area contributed by atoms with Crippen LogP contribution in [0, 0.1) is 11.7 Å². The first-order valence-corrected chi connectivity index (χ1v) is 10.3. The third-order valence-corrected chi connectivity index (χ3v) is 5.82. The molecule has 138 valence electrons. The van der Waals surface area contributed by atoms with E-state index in [1.807, 2.05) is 30.5 Å². The van der Waals surface area contributed by atoms with E-state index in [1.54, 1.807) is 23.9 Å². The van der Waals surface area contributed by atoms with E-state index < -0.39 is 0 Å². The van der Waals surface area contributed by atoms with Crippen LogP contribution >= 0.6 is 23.4 Å². The standard InChI is InChI=1S/C20H22ClFN2OS/c1-26-16-5-2-4-15(12-16)23-20(25)14-8-10-24(11-9-14)13-17-18(21)6-3-7-19(17)22/h2-7,12,14H,8-11,13H2,1H3,(H,23,25). The maximum atomic E-state index is 13.9. The highest BCUT2D eigenvalue weighted by Gasteiger charge is 2.26. The molecule has 26 heavy (non-hydrogen) atoms. The summed E-state index contributed by atoms with van der Waals surface area (Å²) >= 11 is 7.76. The van der Waals surface area contributed by atoms with Crippen LogP contribution in [0.25, 0.3) is 0 Å². The Hall–Kier alpha value is -1.56. The van der Waals surface area contributed by atoms with Crippen molar-refractivity contribution in [1.29, 1.82) is 0 Å². The average Bonchev–Trinajstić information content (AvgIpc) is 2.65. The largest absolute Gasteiger partial charge is 0.326 e. The molecular formula is C20H22ClFN2OS. The third-order valence-electron chi connectivity index (χ3n) is 4.74. The molecule has 0 saturated carbocycles. The van der Waals surface area contributed by atoms with Gasteiger partial charge in [-0.3, -0.25) is 9.69 Å². The highest BCUT2D eigenvalue weighted by atomic mass is 35.5. The molecule has 3 rings (SSSR count). The van der Waals surface area contributed by atoms with Crippen LogP contribution in [0.15, 0.2) is 47.4 Å². The van der Waals surface area contributed by atoms with Crippen LogP contribution in [0.5, 0.6) is 0 Å². The third kappa shape index (κ3) is 4.78. The number of thioether (sulfide) groups is 1. The summed E-state index contributed by atoms with van der Waals surface area (Å²) in [5.41, 5.74) is 1.37. The second-order valence-electron chi connectivity index (χ2n) is 6.47. The summed E-state index contributed by atoms with van der Waals surface area (Å²) in [6, 6.07) is 12.6. The Morgan fingerprint density at radius 3 is 2.69 bits per heavy atom. The molecule has 2 aromatic rings. The molecule has 1 aliphatic heterocycles. The Labute approximate surface area is 162 Å². The van der Waals surface area contributed by atoms with E-state index in [4.69, 9.17) is 11.6 Å². The minimum Gasteiger partial charge on any atom is -0.326 e. The second-order valence-corrected chi connectivity index (χ2v) is 7.76. The summed E-state index contributed by atoms with van der Waals surface area (Å²) in [7, 11) is 0. The summed E-state index contributed by atoms with van der Waals surface area (Å²) in [5, 5.41) is 3.47. The molecule has 1 heterocycles. The number of rotatable bonds is 5. The lowest BCUT2D eigenvalue weighted by atomic mass is 9.95. The number of nitrogens with zero attached hydrogens (tertiary/aromatic N) is 1. The van der Waals surface area contributed by atoms with Gasteiger partial charge in [-0.15, -0.1) is 11.8 Å². The van der Waals surface area contributed by atoms with Crippen molar-refractivity contribution >= 4 is 35.0 Å². The Bertz CT molecular complexity index is 758. The van der Waals surface area contributed by atoms with Crippen molar-refractivity contribution < 1.29 is 9.18 Å². The highest BCUT2D eigenvalue weighted by Crippen LogP contribution is 2.25. The van der Waals surface area contributed by atoms with E-state index in [1.165, 1.54) is 6.07 Å². The zero-order valence-electron chi connectivity index (χ0n) is 14.7. The number of anilines is 1. The molecule has 0 spiro atoms. The normalized spacial score (nSPS) is 15.8. The van der Waals surface area contributed by atoms with Gasteiger partial charge < -0.3 is 5.32 Å². The van der Waals surface area contributed by atoms with E-state index in [0.717, 1.165) is 36.5 Å². The molecular weight excluding hydrogens is 371 g/mol. The number of halogens is 2. The summed E-state index contributed by atoms with van der Waals surface area (Å²) < 4.78 is 13.9. The SMILES string of the molecule is CSc1cccc(NC(=O)C2CCN(Cc3c(F)cccc3Cl)CC2)c1. The summed E-state index contributed by atoms with van der Waals surface area (Å²) in [5.74, 6) is -0.224. The average molecular weight is 393 g/mol. The Morgan fingerprint density at radius 2 is 2.00 bits per heavy atom. The fraction of sp³-hybridized carbons (Fsp3) is 0.350. The lowest BCUT2D eigenvalue weighted by Crippen LogP contribution is -2.38. The van der Waals surface area contributed by atoms with Gasteiger partial charge >= 0.3 is 0 Å². The first-order valence-electron chi connectivity index (χ1n) is 8.67. The van der Waals surface area contributed by atoms with Crippen LogP contribution in [-0.4, -0.2) is 30.2 Å². The van der Waals surface area contributed by atoms with Crippen molar-refractivity contribution in [2.45, 2.75) is 24.3 Å². The van der Waals surface area contributed by atoms with Crippen LogP contribution in [0.4, 0.5) is 10.1 Å². The number of likely N-dealkylation sites (tertiary alicyclic amines) is 1. The molecule has 2 aromatic carbocycles. The predicted octanol–water partition coefficient (Wildman–Crippen LogP) is 5.05. The molecule has 0 bridgehead atoms. The van der Waals surface area contributed by atoms with Crippen LogP contribution in [0.1, 0.15) is 18.4 Å². The maximum absolute atomic E-state index is 13.9. The van der Waals surface area contributed by atoms with Gasteiger partial charge in [0.2, 0.25) is 5.91 Å². The van der Waals surface area contributed by atoms with Gasteiger partial charge in [0.15, 0.2) is 0 Å². The van der Waals surface area contributed by atoms with Gasteiger partial charge in [0.05, 0.1) is 0 Å². The Morgan fingerprint density at radius 1 is 1.27 bits per heavy atom. The van der Waals surface area contributed by atoms with Gasteiger partial charge in [0.1, 0.15) is 5.82 Å². The van der Waals surface area contributed by atoms with E-state index in [2.05, 4.69) is 10.2 Å². The maximum Gasteiger partial charge on any atom is 0.227 e. The van der Waals surface area contributed by atoms with E-state index in [-0.39, 0.29) is 17.6 Å². The lowest BCUT2D eigenvalue weighted by Gasteiger charge is -2.31. The van der Waals surface area contributed by atoms with Crippen molar-refractivity contribution in [3.05, 3.63) is 58.9 Å². The Balaban J connectivity index is 1.54. The van der Waals surface area contributed by atoms with Crippen molar-refractivity contribution in [2.24, 2.45) is 5.92 Å². The molecule has 0 atom stereocenters. The summed E-state index contributed by atoms with van der Waals surface area (Å²) in [4.78, 5) is 15.8. The first kappa shape index (κ1) is 19.2. The number of amides is 1. The quantitative estimate of drug-likeness (QED) is 0.722. The van der Waals surface area contributed by atoms with E-state index >= 15 is 0 Å². The number of hydrogen-bond donors (Lipinski definition) is 1. The van der Waals surface area contributed by atoms with Crippen LogP contribution in [-0.2, 0) is 11.3 Å². The van der Waals surface area contributed by atoms with Crippen LogP contribution in [0.3, 0.4) is 0 Å². The molecule has 1 amide bonds. The highest BCUT2D eigenvalue weighted by molar-refractivity contribution is 7.98. The van der Waals surface area contributed by atoms with E-state index in [0.29, 0.717) is 17.1 Å². The lowest BCUT2D eigenvalue weighted by molar-refractivity contribution is -0.121. The molecule has 1 aliphatic rings. The second kappa shape index (κ2) is 8.89. The molecule has 0 aliphatic carbocycles. The van der Waals surface area contributed by atoms with Crippen molar-refractivity contribution in [3.63, 3.8) is 0 Å². The zero-order chi connectivity index (χ0) is 18.5. The van der Waals surface area contributed by atoms with Gasteiger partial charge in [-0.2, -0.15) is 0 Å². The van der Waals surface area contributed by atoms with Gasteiger partial charge in [0, 0.05) is 33.6 Å². The molecule has 1 fully saturated rings. The zero-order valence-corrected chi connectivity index (χ0v) is 16.2. The van der Waals surface area contributed by atoms with Crippen LogP contribution < -0.4 is 5.32 Å². The van der Waals surface area contributed by atoms with Crippen LogP contribution in [0.2, 0.25) is 5.02 Å². The fourth-order valence-corrected chi connectivity index (χ4v) is 3.89. The summed E-state index contributed by atoms with van der Waals surface area (Å²) in [6.07, 6.45) is 3.54. The molecule has 0 aromatic heterocycles. The number of carbonyl (C=O) groups excluding carboxylic acids is 1. The number of piperidine rings is 1. The molecule has 3 nitrogen and oxygen atoms in total. The van der Waals surface area contributed by atoms with Gasteiger partial charge in [0.25, 0.3) is 0 Å². The predicted molar refractivity (Wildman–Crippen MR) is 106 cm³/mol. The van der Waals surface area contributed by atoms with Crippen molar-refractivity contribution in [1.82, 2.24) is 4.90 Å². The minimum absolute atomic E-state index is 0.0136. The molecule has 0 unspecified atom stereocenters. The molecule has 0 radical (unpaired) electrons. The van der Waals surface area contributed by atoms with Crippen molar-refractivity contribution in [3.8, 4) is 0 Å². The molecule has 1 saturated heterocycles. The number of hydrogen-bond acceptors (Lipinski definition) is 3. The summed E-state index contributed by atoms with van der Waals surface area (Å²) in [6.45, 7) is 2.00. The molecule has 1 N–H and O–H groups in total. The number of benzene rings is 2. The topological polar surface area (TPSA) is 32.3 Å². The Kier molecular flexibility index (Phi) is 6.57. The van der Waals surface area contributed by atoms with Crippen molar-refractivity contribution in [2.75, 3.05) is 24.7 Å². The number of nitrogens with one attached hydrogen (secondary N) is 1. The van der Waals surface area contributed by atoms with Gasteiger partial charge in [-0.25, -0.2) is 4.39 Å². The monoisotopic (exact) mass is 392 g/mol. The molecule has 6 heteroatoms.